The predicted molar refractivity (Wildman–Crippen MR) is 117 cm³/mol. The van der Waals surface area contributed by atoms with Crippen molar-refractivity contribution in [2.75, 3.05) is 12.8 Å². The highest BCUT2D eigenvalue weighted by molar-refractivity contribution is 5.80. The third-order valence-corrected chi connectivity index (χ3v) is 5.97. The van der Waals surface area contributed by atoms with Gasteiger partial charge in [0.15, 0.2) is 5.75 Å². The largest absolute Gasteiger partial charge is 0.496 e. The van der Waals surface area contributed by atoms with Gasteiger partial charge in [-0.3, -0.25) is 0 Å². The zero-order valence-electron chi connectivity index (χ0n) is 18.7. The number of pyridine rings is 1. The molecule has 0 unspecified atom stereocenters. The van der Waals surface area contributed by atoms with E-state index in [2.05, 4.69) is 11.1 Å². The van der Waals surface area contributed by atoms with Gasteiger partial charge in [-0.25, -0.2) is 18.2 Å². The fourth-order valence-electron chi connectivity index (χ4n) is 4.28. The van der Waals surface area contributed by atoms with Crippen LogP contribution in [0, 0.1) is 40.4 Å². The van der Waals surface area contributed by atoms with Crippen LogP contribution in [0.3, 0.4) is 0 Å². The van der Waals surface area contributed by atoms with E-state index in [1.165, 1.54) is 7.11 Å². The number of hydrogen-bond donors (Lipinski definition) is 1. The second kappa shape index (κ2) is 9.78. The Hall–Kier alpha value is -3.87. The number of anilines is 1. The summed E-state index contributed by atoms with van der Waals surface area (Å²) in [6, 6.07) is 6.94. The van der Waals surface area contributed by atoms with E-state index >= 15 is 0 Å². The van der Waals surface area contributed by atoms with Gasteiger partial charge >= 0.3 is 0 Å². The van der Waals surface area contributed by atoms with Crippen LogP contribution >= 0.6 is 0 Å². The van der Waals surface area contributed by atoms with Gasteiger partial charge in [0.05, 0.1) is 7.11 Å². The number of benzene rings is 2. The van der Waals surface area contributed by atoms with Crippen LogP contribution in [0.25, 0.3) is 11.1 Å². The topological polar surface area (TPSA) is 81.2 Å². The predicted octanol–water partition coefficient (Wildman–Crippen LogP) is 5.75. The van der Waals surface area contributed by atoms with Crippen molar-refractivity contribution < 1.29 is 31.4 Å². The molecule has 0 fully saturated rings. The second-order valence-electron chi connectivity index (χ2n) is 8.06. The molecule has 0 bridgehead atoms. The summed E-state index contributed by atoms with van der Waals surface area (Å²) in [7, 11) is 1.36. The number of halogens is 5. The number of hydrogen-bond acceptors (Lipinski definition) is 5. The molecule has 10 heteroatoms. The third kappa shape index (κ3) is 4.34. The molecule has 5 nitrogen and oxygen atoms in total. The first-order valence-corrected chi connectivity index (χ1v) is 10.8. The highest BCUT2D eigenvalue weighted by Crippen LogP contribution is 2.38. The van der Waals surface area contributed by atoms with Crippen molar-refractivity contribution in [1.82, 2.24) is 4.98 Å². The van der Waals surface area contributed by atoms with Crippen LogP contribution in [0.15, 0.2) is 18.2 Å². The molecule has 2 N–H and O–H groups in total. The number of nitrogens with zero attached hydrogens (tertiary/aromatic N) is 2. The van der Waals surface area contributed by atoms with Gasteiger partial charge in [-0.1, -0.05) is 12.5 Å². The smallest absolute Gasteiger partial charge is 0.207 e. The maximum atomic E-state index is 14.1. The van der Waals surface area contributed by atoms with E-state index in [9.17, 15) is 27.2 Å². The van der Waals surface area contributed by atoms with Crippen LogP contribution in [-0.4, -0.2) is 12.1 Å². The van der Waals surface area contributed by atoms with Crippen molar-refractivity contribution in [3.8, 4) is 28.7 Å². The molecule has 1 aromatic heterocycles. The number of nitrogens with two attached hydrogens (primary N) is 1. The Labute approximate surface area is 197 Å². The monoisotopic (exact) mass is 489 g/mol. The molecule has 0 saturated heterocycles. The summed E-state index contributed by atoms with van der Waals surface area (Å²) in [4.78, 5) is 4.43. The summed E-state index contributed by atoms with van der Waals surface area (Å²) < 4.78 is 78.9. The summed E-state index contributed by atoms with van der Waals surface area (Å²) >= 11 is 0. The van der Waals surface area contributed by atoms with Crippen molar-refractivity contribution in [2.24, 2.45) is 0 Å². The molecule has 1 aliphatic carbocycles. The summed E-state index contributed by atoms with van der Waals surface area (Å²) in [6.07, 6.45) is 4.25. The molecule has 2 aromatic carbocycles. The molecule has 0 radical (unpaired) electrons. The zero-order valence-corrected chi connectivity index (χ0v) is 18.7. The van der Waals surface area contributed by atoms with E-state index in [0.29, 0.717) is 24.0 Å². The molecule has 0 aliphatic heterocycles. The number of aryl methyl sites for hydroxylation is 1. The Bertz CT molecular complexity index is 1330. The van der Waals surface area contributed by atoms with Gasteiger partial charge in [0.2, 0.25) is 29.1 Å². The van der Waals surface area contributed by atoms with E-state index < -0.39 is 41.4 Å². The van der Waals surface area contributed by atoms with Gasteiger partial charge in [0.1, 0.15) is 29.8 Å². The molecule has 0 saturated carbocycles. The average Bonchev–Trinajstić information content (AvgIpc) is 3.10. The molecular formula is C25H20F5N3O2. The van der Waals surface area contributed by atoms with Crippen LogP contribution in [0.5, 0.6) is 11.5 Å². The summed E-state index contributed by atoms with van der Waals surface area (Å²) in [5.41, 5.74) is 9.39. The highest BCUT2D eigenvalue weighted by atomic mass is 19.2. The van der Waals surface area contributed by atoms with Crippen LogP contribution in [0.2, 0.25) is 0 Å². The Morgan fingerprint density at radius 1 is 0.971 bits per heavy atom. The second-order valence-corrected chi connectivity index (χ2v) is 8.06. The van der Waals surface area contributed by atoms with Crippen molar-refractivity contribution in [1.29, 1.82) is 5.26 Å². The lowest BCUT2D eigenvalue weighted by Crippen LogP contribution is -2.09. The molecule has 1 aliphatic rings. The molecule has 0 atom stereocenters. The normalized spacial score (nSPS) is 13.1. The third-order valence-electron chi connectivity index (χ3n) is 5.97. The van der Waals surface area contributed by atoms with Crippen LogP contribution in [0.4, 0.5) is 27.8 Å². The Kier molecular flexibility index (Phi) is 6.78. The molecule has 1 heterocycles. The number of ether oxygens (including phenoxy) is 2. The van der Waals surface area contributed by atoms with Crippen LogP contribution in [-0.2, 0) is 19.4 Å². The van der Waals surface area contributed by atoms with Gasteiger partial charge in [-0.05, 0) is 48.9 Å². The minimum absolute atomic E-state index is 0.0955. The standard InChI is InChI=1S/C25H20F5N3O2/c1-34-17-8-7-12(18-14-5-3-2-4-6-16(14)33-25(32)15(18)10-31)9-13(17)11-35-24-22(29)20(27)19(26)21(28)23(24)30/h7-9H,2-6,11H2,1H3,(H2,32,33). The van der Waals surface area contributed by atoms with E-state index in [-0.39, 0.29) is 22.7 Å². The zero-order chi connectivity index (χ0) is 25.3. The maximum Gasteiger partial charge on any atom is 0.207 e. The summed E-state index contributed by atoms with van der Waals surface area (Å²) in [5, 5.41) is 9.79. The van der Waals surface area contributed by atoms with Crippen molar-refractivity contribution in [3.63, 3.8) is 0 Å². The minimum atomic E-state index is -2.27. The van der Waals surface area contributed by atoms with E-state index in [1.54, 1.807) is 18.2 Å². The van der Waals surface area contributed by atoms with Gasteiger partial charge in [0.25, 0.3) is 0 Å². The fourth-order valence-corrected chi connectivity index (χ4v) is 4.28. The number of methoxy groups -OCH3 is 1. The first-order valence-electron chi connectivity index (χ1n) is 10.8. The SMILES string of the molecule is COc1ccc(-c2c(C#N)c(N)nc3c2CCCCC3)cc1COc1c(F)c(F)c(F)c(F)c1F. The number of nitriles is 1. The lowest BCUT2D eigenvalue weighted by atomic mass is 9.91. The van der Waals surface area contributed by atoms with Crippen LogP contribution < -0.4 is 15.2 Å². The quantitative estimate of drug-likeness (QED) is 0.214. The van der Waals surface area contributed by atoms with Crippen molar-refractivity contribution in [2.45, 2.75) is 38.7 Å². The van der Waals surface area contributed by atoms with Crippen LogP contribution in [0.1, 0.15) is 41.6 Å². The molecule has 182 valence electrons. The summed E-state index contributed by atoms with van der Waals surface area (Å²) in [5.74, 6) is -11.7. The number of aromatic nitrogens is 1. The Morgan fingerprint density at radius 3 is 2.29 bits per heavy atom. The molecule has 35 heavy (non-hydrogen) atoms. The molecule has 4 rings (SSSR count). The van der Waals surface area contributed by atoms with Crippen molar-refractivity contribution >= 4 is 5.82 Å². The highest BCUT2D eigenvalue weighted by Gasteiger charge is 2.28. The first-order chi connectivity index (χ1) is 16.8. The van der Waals surface area contributed by atoms with E-state index in [4.69, 9.17) is 15.2 Å². The molecule has 0 amide bonds. The van der Waals surface area contributed by atoms with Gasteiger partial charge in [0, 0.05) is 16.8 Å². The van der Waals surface area contributed by atoms with Gasteiger partial charge in [-0.15, -0.1) is 0 Å². The van der Waals surface area contributed by atoms with E-state index in [1.807, 2.05) is 0 Å². The lowest BCUT2D eigenvalue weighted by molar-refractivity contribution is 0.249. The van der Waals surface area contributed by atoms with E-state index in [0.717, 1.165) is 30.5 Å². The minimum Gasteiger partial charge on any atom is -0.496 e. The lowest BCUT2D eigenvalue weighted by Gasteiger charge is -2.18. The number of fused-ring (bicyclic) bond motifs is 1. The Balaban J connectivity index is 1.80. The first kappa shape index (κ1) is 24.3. The maximum absolute atomic E-state index is 14.1. The fraction of sp³-hybridized carbons (Fsp3) is 0.280. The van der Waals surface area contributed by atoms with Gasteiger partial charge in [-0.2, -0.15) is 14.0 Å². The molecular weight excluding hydrogens is 469 g/mol. The summed E-state index contributed by atoms with van der Waals surface area (Å²) in [6.45, 7) is -0.569. The molecule has 3 aromatic rings. The van der Waals surface area contributed by atoms with Crippen molar-refractivity contribution in [3.05, 3.63) is 69.7 Å². The molecule has 0 spiro atoms. The number of rotatable bonds is 5. The average molecular weight is 489 g/mol. The van der Waals surface area contributed by atoms with Gasteiger partial charge < -0.3 is 15.2 Å². The Morgan fingerprint density at radius 2 is 1.63 bits per heavy atom. The number of nitrogen functional groups attached to an aromatic ring is 1.